The molecule has 0 amide bonds. The van der Waals surface area contributed by atoms with E-state index in [1.165, 1.54) is 0 Å². The average Bonchev–Trinajstić information content (AvgIpc) is 2.74. The third kappa shape index (κ3) is 3.95. The summed E-state index contributed by atoms with van der Waals surface area (Å²) < 4.78 is 5.85. The number of hydrogen-bond donors (Lipinski definition) is 1. The van der Waals surface area contributed by atoms with Gasteiger partial charge in [-0.05, 0) is 55.0 Å². The van der Waals surface area contributed by atoms with Gasteiger partial charge in [-0.25, -0.2) is 4.98 Å². The predicted octanol–water partition coefficient (Wildman–Crippen LogP) is 5.97. The Balaban J connectivity index is 1.71. The van der Waals surface area contributed by atoms with Crippen LogP contribution in [0.3, 0.4) is 0 Å². The minimum Gasteiger partial charge on any atom is -0.457 e. The lowest BCUT2D eigenvalue weighted by molar-refractivity contribution is 0.483. The summed E-state index contributed by atoms with van der Waals surface area (Å²) in [4.78, 5) is 4.45. The zero-order valence-electron chi connectivity index (χ0n) is 16.0. The van der Waals surface area contributed by atoms with Crippen molar-refractivity contribution in [2.24, 2.45) is 0 Å². The SMILES string of the molecule is Cc1cccc(-c2cc(-c3ccc(Oc4ccccc4)cc3)nc(N)c2C#N)c1. The smallest absolute Gasteiger partial charge is 0.142 e. The number of aromatic nitrogens is 1. The fourth-order valence-electron chi connectivity index (χ4n) is 3.19. The number of hydrogen-bond acceptors (Lipinski definition) is 4. The van der Waals surface area contributed by atoms with Crippen molar-refractivity contribution in [2.45, 2.75) is 6.92 Å². The molecule has 0 unspecified atom stereocenters. The summed E-state index contributed by atoms with van der Waals surface area (Å²) in [5, 5.41) is 9.58. The van der Waals surface area contributed by atoms with Crippen LogP contribution in [0.2, 0.25) is 0 Å². The van der Waals surface area contributed by atoms with Crippen LogP contribution >= 0.6 is 0 Å². The molecule has 4 heteroatoms. The van der Waals surface area contributed by atoms with Crippen LogP contribution in [0.1, 0.15) is 11.1 Å². The maximum absolute atomic E-state index is 9.58. The lowest BCUT2D eigenvalue weighted by Gasteiger charge is -2.11. The van der Waals surface area contributed by atoms with E-state index in [1.54, 1.807) is 0 Å². The van der Waals surface area contributed by atoms with Crippen LogP contribution in [0.15, 0.2) is 84.9 Å². The molecule has 0 aliphatic carbocycles. The normalized spacial score (nSPS) is 10.3. The number of aryl methyl sites for hydroxylation is 1. The zero-order chi connectivity index (χ0) is 20.2. The summed E-state index contributed by atoms with van der Waals surface area (Å²) in [7, 11) is 0. The second kappa shape index (κ2) is 7.87. The van der Waals surface area contributed by atoms with Gasteiger partial charge in [0.25, 0.3) is 0 Å². The van der Waals surface area contributed by atoms with Gasteiger partial charge in [0.05, 0.1) is 5.69 Å². The molecule has 4 nitrogen and oxygen atoms in total. The Kier molecular flexibility index (Phi) is 4.96. The number of pyridine rings is 1. The predicted molar refractivity (Wildman–Crippen MR) is 115 cm³/mol. The minimum atomic E-state index is 0.228. The highest BCUT2D eigenvalue weighted by molar-refractivity contribution is 5.80. The van der Waals surface area contributed by atoms with Gasteiger partial charge < -0.3 is 10.5 Å². The van der Waals surface area contributed by atoms with Crippen LogP contribution in [0.25, 0.3) is 22.4 Å². The summed E-state index contributed by atoms with van der Waals surface area (Å²) in [6, 6.07) is 29.4. The summed E-state index contributed by atoms with van der Waals surface area (Å²) >= 11 is 0. The summed E-state index contributed by atoms with van der Waals surface area (Å²) in [6.07, 6.45) is 0. The van der Waals surface area contributed by atoms with Crippen molar-refractivity contribution < 1.29 is 4.74 Å². The summed E-state index contributed by atoms with van der Waals surface area (Å²) in [5.74, 6) is 1.74. The number of nitrogens with zero attached hydrogens (tertiary/aromatic N) is 2. The van der Waals surface area contributed by atoms with Crippen LogP contribution < -0.4 is 10.5 Å². The Hall–Kier alpha value is -4.10. The molecule has 0 spiro atoms. The fourth-order valence-corrected chi connectivity index (χ4v) is 3.19. The van der Waals surface area contributed by atoms with Crippen LogP contribution in [-0.2, 0) is 0 Å². The van der Waals surface area contributed by atoms with Gasteiger partial charge >= 0.3 is 0 Å². The molecule has 0 bridgehead atoms. The molecule has 140 valence electrons. The van der Waals surface area contributed by atoms with E-state index in [-0.39, 0.29) is 5.82 Å². The summed E-state index contributed by atoms with van der Waals surface area (Å²) in [5.41, 5.74) is 11.0. The van der Waals surface area contributed by atoms with Gasteiger partial charge in [0.2, 0.25) is 0 Å². The van der Waals surface area contributed by atoms with Gasteiger partial charge in [-0.1, -0.05) is 48.0 Å². The molecule has 3 aromatic carbocycles. The van der Waals surface area contributed by atoms with Crippen molar-refractivity contribution in [2.75, 3.05) is 5.73 Å². The highest BCUT2D eigenvalue weighted by atomic mass is 16.5. The van der Waals surface area contributed by atoms with Crippen molar-refractivity contribution in [3.05, 3.63) is 96.1 Å². The molecule has 0 saturated heterocycles. The number of benzene rings is 3. The molecule has 1 heterocycles. The van der Waals surface area contributed by atoms with E-state index in [9.17, 15) is 5.26 Å². The molecule has 29 heavy (non-hydrogen) atoms. The van der Waals surface area contributed by atoms with Gasteiger partial charge in [0.15, 0.2) is 0 Å². The molecule has 0 saturated carbocycles. The van der Waals surface area contributed by atoms with Crippen molar-refractivity contribution in [3.63, 3.8) is 0 Å². The number of nitrogen functional groups attached to an aromatic ring is 1. The van der Waals surface area contributed by atoms with Gasteiger partial charge in [-0.2, -0.15) is 5.26 Å². The van der Waals surface area contributed by atoms with Crippen LogP contribution in [0.4, 0.5) is 5.82 Å². The van der Waals surface area contributed by atoms with E-state index in [0.29, 0.717) is 11.3 Å². The standard InChI is InChI=1S/C25H19N3O/c1-17-6-5-7-19(14-17)22-15-24(28-25(27)23(22)16-26)18-10-12-21(13-11-18)29-20-8-3-2-4-9-20/h2-15H,1H3,(H2,27,28). The molecule has 4 aromatic rings. The highest BCUT2D eigenvalue weighted by Crippen LogP contribution is 2.32. The van der Waals surface area contributed by atoms with E-state index >= 15 is 0 Å². The molecular weight excluding hydrogens is 358 g/mol. The first-order valence-electron chi connectivity index (χ1n) is 9.25. The highest BCUT2D eigenvalue weighted by Gasteiger charge is 2.13. The van der Waals surface area contributed by atoms with E-state index in [4.69, 9.17) is 10.5 Å². The first kappa shape index (κ1) is 18.3. The van der Waals surface area contributed by atoms with Gasteiger partial charge in [-0.15, -0.1) is 0 Å². The molecule has 0 radical (unpaired) electrons. The Morgan fingerprint density at radius 3 is 2.24 bits per heavy atom. The van der Waals surface area contributed by atoms with Crippen molar-refractivity contribution in [1.29, 1.82) is 5.26 Å². The van der Waals surface area contributed by atoms with Crippen molar-refractivity contribution >= 4 is 5.82 Å². The number of para-hydroxylation sites is 1. The van der Waals surface area contributed by atoms with Crippen LogP contribution in [0.5, 0.6) is 11.5 Å². The molecule has 0 fully saturated rings. The quantitative estimate of drug-likeness (QED) is 0.475. The second-order valence-electron chi connectivity index (χ2n) is 6.74. The monoisotopic (exact) mass is 377 g/mol. The van der Waals surface area contributed by atoms with Crippen molar-refractivity contribution in [1.82, 2.24) is 4.98 Å². The van der Waals surface area contributed by atoms with E-state index in [1.807, 2.05) is 91.9 Å². The second-order valence-corrected chi connectivity index (χ2v) is 6.74. The lowest BCUT2D eigenvalue weighted by atomic mass is 9.97. The third-order valence-electron chi connectivity index (χ3n) is 4.62. The Labute approximate surface area is 169 Å². The van der Waals surface area contributed by atoms with Gasteiger partial charge in [0.1, 0.15) is 28.9 Å². The maximum Gasteiger partial charge on any atom is 0.142 e. The van der Waals surface area contributed by atoms with Crippen molar-refractivity contribution in [3.8, 4) is 40.0 Å². The van der Waals surface area contributed by atoms with E-state index in [0.717, 1.165) is 33.8 Å². The largest absolute Gasteiger partial charge is 0.457 e. The Morgan fingerprint density at radius 2 is 1.55 bits per heavy atom. The number of ether oxygens (including phenoxy) is 1. The van der Waals surface area contributed by atoms with E-state index < -0.39 is 0 Å². The van der Waals surface area contributed by atoms with Gasteiger partial charge in [-0.3, -0.25) is 0 Å². The Bertz CT molecular complexity index is 1190. The Morgan fingerprint density at radius 1 is 0.828 bits per heavy atom. The fraction of sp³-hybridized carbons (Fsp3) is 0.0400. The number of nitrogens with two attached hydrogens (primary N) is 1. The number of nitriles is 1. The topological polar surface area (TPSA) is 71.9 Å². The minimum absolute atomic E-state index is 0.228. The van der Waals surface area contributed by atoms with Crippen LogP contribution in [-0.4, -0.2) is 4.98 Å². The molecule has 0 aliphatic heterocycles. The first-order valence-corrected chi connectivity index (χ1v) is 9.25. The maximum atomic E-state index is 9.58. The molecule has 0 atom stereocenters. The average molecular weight is 377 g/mol. The van der Waals surface area contributed by atoms with Crippen LogP contribution in [0, 0.1) is 18.3 Å². The summed E-state index contributed by atoms with van der Waals surface area (Å²) in [6.45, 7) is 2.02. The van der Waals surface area contributed by atoms with E-state index in [2.05, 4.69) is 11.1 Å². The molecule has 0 aliphatic rings. The number of anilines is 1. The molecular formula is C25H19N3O. The zero-order valence-corrected chi connectivity index (χ0v) is 16.0. The first-order chi connectivity index (χ1) is 14.1. The molecule has 1 aromatic heterocycles. The number of rotatable bonds is 4. The third-order valence-corrected chi connectivity index (χ3v) is 4.62. The molecule has 2 N–H and O–H groups in total. The lowest BCUT2D eigenvalue weighted by Crippen LogP contribution is -2.00. The molecule has 4 rings (SSSR count). The van der Waals surface area contributed by atoms with Gasteiger partial charge in [0, 0.05) is 11.1 Å².